The predicted octanol–water partition coefficient (Wildman–Crippen LogP) is 3.39. The van der Waals surface area contributed by atoms with E-state index >= 15 is 0 Å². The Labute approximate surface area is 160 Å². The molecule has 8 heteroatoms. The van der Waals surface area contributed by atoms with Crippen LogP contribution in [0.1, 0.15) is 18.2 Å². The number of imide groups is 1. The molecule has 1 aliphatic rings. The summed E-state index contributed by atoms with van der Waals surface area (Å²) in [5.74, 6) is -0.452. The zero-order valence-corrected chi connectivity index (χ0v) is 15.3. The summed E-state index contributed by atoms with van der Waals surface area (Å²) in [7, 11) is 1.31. The van der Waals surface area contributed by atoms with Crippen molar-refractivity contribution >= 4 is 23.6 Å². The number of furan rings is 1. The predicted molar refractivity (Wildman–Crippen MR) is 99.6 cm³/mol. The van der Waals surface area contributed by atoms with E-state index in [1.54, 1.807) is 25.1 Å². The first-order chi connectivity index (χ1) is 13.2. The molecule has 1 aromatic carbocycles. The van der Waals surface area contributed by atoms with Gasteiger partial charge in [0.05, 0.1) is 4.92 Å². The Morgan fingerprint density at radius 3 is 2.54 bits per heavy atom. The Morgan fingerprint density at radius 1 is 1.18 bits per heavy atom. The van der Waals surface area contributed by atoms with E-state index in [1.807, 2.05) is 6.07 Å². The van der Waals surface area contributed by atoms with Gasteiger partial charge in [0.1, 0.15) is 23.2 Å². The Bertz CT molecular complexity index is 1130. The molecule has 2 heterocycles. The summed E-state index contributed by atoms with van der Waals surface area (Å²) in [6.45, 7) is 3.33. The minimum absolute atomic E-state index is 0.0584. The normalized spacial score (nSPS) is 15.9. The third-order valence-corrected chi connectivity index (χ3v) is 4.56. The molecule has 3 rings (SSSR count). The second-order valence-electron chi connectivity index (χ2n) is 6.30. The Hall–Kier alpha value is -3.99. The van der Waals surface area contributed by atoms with E-state index in [-0.39, 0.29) is 22.4 Å². The quantitative estimate of drug-likeness (QED) is 0.350. The number of hydrogen-bond donors (Lipinski definition) is 0. The van der Waals surface area contributed by atoms with Gasteiger partial charge in [-0.1, -0.05) is 6.07 Å². The maximum atomic E-state index is 12.4. The van der Waals surface area contributed by atoms with Crippen LogP contribution in [-0.4, -0.2) is 28.7 Å². The van der Waals surface area contributed by atoms with Crippen LogP contribution in [0.25, 0.3) is 17.4 Å². The average Bonchev–Trinajstić information content (AvgIpc) is 3.12. The number of nitriles is 1. The van der Waals surface area contributed by atoms with Crippen LogP contribution < -0.4 is 0 Å². The molecule has 1 aromatic heterocycles. The summed E-state index contributed by atoms with van der Waals surface area (Å²) in [5, 5.41) is 20.2. The fraction of sp³-hybridized carbons (Fsp3) is 0.150. The lowest BCUT2D eigenvalue weighted by Gasteiger charge is -2.23. The monoisotopic (exact) mass is 377 g/mol. The lowest BCUT2D eigenvalue weighted by molar-refractivity contribution is -0.384. The molecule has 140 valence electrons. The number of nitro benzene ring substituents is 1. The second kappa shape index (κ2) is 6.96. The number of non-ortho nitro benzene ring substituents is 1. The van der Waals surface area contributed by atoms with Crippen LogP contribution >= 0.6 is 0 Å². The van der Waals surface area contributed by atoms with Gasteiger partial charge in [-0.2, -0.15) is 5.26 Å². The molecular weight excluding hydrogens is 362 g/mol. The molecule has 2 aromatic rings. The van der Waals surface area contributed by atoms with Gasteiger partial charge in [-0.3, -0.25) is 24.6 Å². The van der Waals surface area contributed by atoms with Crippen LogP contribution in [0.4, 0.5) is 5.69 Å². The van der Waals surface area contributed by atoms with Crippen molar-refractivity contribution in [3.8, 4) is 17.4 Å². The Morgan fingerprint density at radius 2 is 1.89 bits per heavy atom. The van der Waals surface area contributed by atoms with Crippen molar-refractivity contribution in [2.45, 2.75) is 13.8 Å². The van der Waals surface area contributed by atoms with Gasteiger partial charge in [-0.25, -0.2) is 0 Å². The van der Waals surface area contributed by atoms with Crippen LogP contribution in [0.15, 0.2) is 51.5 Å². The molecule has 0 radical (unpaired) electrons. The SMILES string of the molecule is CC1=C(C#N)C(=O)N(C)C(=O)/C1=C/c1ccc(-c2cc([N+](=O)[O-])ccc2C)o1. The maximum absolute atomic E-state index is 12.4. The van der Waals surface area contributed by atoms with Gasteiger partial charge >= 0.3 is 0 Å². The molecule has 2 amide bonds. The van der Waals surface area contributed by atoms with Crippen molar-refractivity contribution in [3.63, 3.8) is 0 Å². The first-order valence-electron chi connectivity index (χ1n) is 8.25. The van der Waals surface area contributed by atoms with E-state index in [9.17, 15) is 25.0 Å². The number of aryl methyl sites for hydroxylation is 1. The van der Waals surface area contributed by atoms with Gasteiger partial charge in [-0.05, 0) is 43.2 Å². The highest BCUT2D eigenvalue weighted by atomic mass is 16.6. The fourth-order valence-electron chi connectivity index (χ4n) is 2.90. The lowest BCUT2D eigenvalue weighted by Crippen LogP contribution is -2.39. The van der Waals surface area contributed by atoms with Crippen LogP contribution in [0.3, 0.4) is 0 Å². The van der Waals surface area contributed by atoms with Gasteiger partial charge in [0.2, 0.25) is 0 Å². The van der Waals surface area contributed by atoms with Gasteiger partial charge in [0.15, 0.2) is 0 Å². The van der Waals surface area contributed by atoms with E-state index in [2.05, 4.69) is 0 Å². The van der Waals surface area contributed by atoms with Crippen molar-refractivity contribution in [2.24, 2.45) is 0 Å². The number of nitrogens with zero attached hydrogens (tertiary/aromatic N) is 3. The Balaban J connectivity index is 2.06. The number of carbonyl (C=O) groups excluding carboxylic acids is 2. The summed E-state index contributed by atoms with van der Waals surface area (Å²) in [6, 6.07) is 9.55. The summed E-state index contributed by atoms with van der Waals surface area (Å²) >= 11 is 0. The highest BCUT2D eigenvalue weighted by molar-refractivity contribution is 6.19. The summed E-state index contributed by atoms with van der Waals surface area (Å²) in [5.41, 5.74) is 1.65. The molecule has 0 saturated carbocycles. The lowest BCUT2D eigenvalue weighted by atomic mass is 9.95. The standard InChI is InChI=1S/C20H15N3O5/c1-11-4-5-13(23(26)27)8-15(11)18-7-6-14(28-18)9-16-12(2)17(10-21)20(25)22(3)19(16)24/h4-9H,1-3H3/b16-9+. The molecule has 0 aliphatic carbocycles. The number of nitro groups is 1. The Kier molecular flexibility index (Phi) is 4.67. The van der Waals surface area contributed by atoms with Crippen LogP contribution in [0.2, 0.25) is 0 Å². The smallest absolute Gasteiger partial charge is 0.271 e. The van der Waals surface area contributed by atoms with Crippen molar-refractivity contribution in [1.29, 1.82) is 5.26 Å². The molecule has 8 nitrogen and oxygen atoms in total. The molecule has 0 spiro atoms. The molecule has 0 unspecified atom stereocenters. The molecule has 0 N–H and O–H groups in total. The molecule has 0 saturated heterocycles. The first kappa shape index (κ1) is 18.8. The van der Waals surface area contributed by atoms with Crippen molar-refractivity contribution < 1.29 is 18.9 Å². The van der Waals surface area contributed by atoms with Gasteiger partial charge in [0, 0.05) is 30.3 Å². The number of hydrogen-bond acceptors (Lipinski definition) is 6. The van der Waals surface area contributed by atoms with E-state index in [0.29, 0.717) is 17.1 Å². The van der Waals surface area contributed by atoms with Crippen LogP contribution in [0.5, 0.6) is 0 Å². The minimum Gasteiger partial charge on any atom is -0.457 e. The van der Waals surface area contributed by atoms with Crippen LogP contribution in [0, 0.1) is 28.4 Å². The van der Waals surface area contributed by atoms with Crippen molar-refractivity contribution in [2.75, 3.05) is 7.05 Å². The number of amides is 2. The molecule has 28 heavy (non-hydrogen) atoms. The molecule has 0 fully saturated rings. The summed E-state index contributed by atoms with van der Waals surface area (Å²) in [6.07, 6.45) is 1.45. The second-order valence-corrected chi connectivity index (χ2v) is 6.30. The van der Waals surface area contributed by atoms with E-state index in [4.69, 9.17) is 4.42 Å². The van der Waals surface area contributed by atoms with E-state index < -0.39 is 16.7 Å². The minimum atomic E-state index is -0.644. The zero-order valence-electron chi connectivity index (χ0n) is 15.3. The number of rotatable bonds is 3. The van der Waals surface area contributed by atoms with Gasteiger partial charge in [-0.15, -0.1) is 0 Å². The summed E-state index contributed by atoms with van der Waals surface area (Å²) < 4.78 is 5.76. The number of carbonyl (C=O) groups is 2. The maximum Gasteiger partial charge on any atom is 0.271 e. The van der Waals surface area contributed by atoms with E-state index in [0.717, 1.165) is 10.5 Å². The third-order valence-electron chi connectivity index (χ3n) is 4.56. The van der Waals surface area contributed by atoms with Crippen molar-refractivity contribution in [1.82, 2.24) is 4.90 Å². The highest BCUT2D eigenvalue weighted by Crippen LogP contribution is 2.31. The third kappa shape index (κ3) is 3.10. The van der Waals surface area contributed by atoms with E-state index in [1.165, 1.54) is 32.2 Å². The van der Waals surface area contributed by atoms with Crippen LogP contribution in [-0.2, 0) is 9.59 Å². The largest absolute Gasteiger partial charge is 0.457 e. The summed E-state index contributed by atoms with van der Waals surface area (Å²) in [4.78, 5) is 35.9. The molecular formula is C20H15N3O5. The molecule has 0 atom stereocenters. The molecule has 0 bridgehead atoms. The number of benzene rings is 1. The highest BCUT2D eigenvalue weighted by Gasteiger charge is 2.33. The first-order valence-corrected chi connectivity index (χ1v) is 8.25. The zero-order chi connectivity index (χ0) is 20.6. The average molecular weight is 377 g/mol. The topological polar surface area (TPSA) is 117 Å². The van der Waals surface area contributed by atoms with Crippen molar-refractivity contribution in [3.05, 3.63) is 68.5 Å². The van der Waals surface area contributed by atoms with Gasteiger partial charge < -0.3 is 4.42 Å². The van der Waals surface area contributed by atoms with Gasteiger partial charge in [0.25, 0.3) is 17.5 Å². The number of likely N-dealkylation sites (N-methyl/N-ethyl adjacent to an activating group) is 1. The molecule has 1 aliphatic heterocycles. The fourth-order valence-corrected chi connectivity index (χ4v) is 2.90.